The van der Waals surface area contributed by atoms with Crippen molar-refractivity contribution in [2.24, 2.45) is 0 Å². The number of aliphatic hydroxyl groups excluding tert-OH is 1. The molecule has 1 unspecified atom stereocenters. The third-order valence-corrected chi connectivity index (χ3v) is 5.80. The van der Waals surface area contributed by atoms with Gasteiger partial charge in [0.15, 0.2) is 12.2 Å². The summed E-state index contributed by atoms with van der Waals surface area (Å²) in [5, 5.41) is 21.7. The van der Waals surface area contributed by atoms with Gasteiger partial charge in [-0.25, -0.2) is 0 Å². The normalized spacial score (nSPS) is 13.7. The number of hydrogen-bond acceptors (Lipinski definition) is 3. The molecule has 0 radical (unpaired) electrons. The van der Waals surface area contributed by atoms with E-state index in [1.165, 1.54) is 0 Å². The van der Waals surface area contributed by atoms with Crippen molar-refractivity contribution in [1.29, 1.82) is 0 Å². The Labute approximate surface area is 161 Å². The maximum absolute atomic E-state index is 11.1. The number of hydrogen-bond donors (Lipinski definition) is 2. The van der Waals surface area contributed by atoms with Crippen molar-refractivity contribution >= 4 is 17.4 Å². The maximum atomic E-state index is 11.1. The minimum atomic E-state index is -0.651. The highest BCUT2D eigenvalue weighted by molar-refractivity contribution is 7.10. The summed E-state index contributed by atoms with van der Waals surface area (Å²) in [6.45, 7) is 19.1. The molecule has 0 spiro atoms. The van der Waals surface area contributed by atoms with Gasteiger partial charge in [-0.2, -0.15) is 4.57 Å². The molecule has 3 nitrogen and oxygen atoms in total. The van der Waals surface area contributed by atoms with Crippen LogP contribution in [0.15, 0.2) is 24.2 Å². The van der Waals surface area contributed by atoms with Crippen molar-refractivity contribution < 1.29 is 14.8 Å². The Bertz CT molecular complexity index is 807. The topological polar surface area (TPSA) is 44.3 Å². The first-order chi connectivity index (χ1) is 11.9. The Hall–Kier alpha value is -1.65. The number of rotatable bonds is 4. The first-order valence-corrected chi connectivity index (χ1v) is 9.90. The summed E-state index contributed by atoms with van der Waals surface area (Å²) in [6.07, 6.45) is 1.20. The zero-order valence-electron chi connectivity index (χ0n) is 17.1. The van der Waals surface area contributed by atoms with E-state index in [9.17, 15) is 10.2 Å². The molecule has 2 rings (SSSR count). The summed E-state index contributed by atoms with van der Waals surface area (Å²) in [5.41, 5.74) is 5.56. The molecule has 0 bridgehead atoms. The van der Waals surface area contributed by atoms with Gasteiger partial charge in [-0.1, -0.05) is 65.5 Å². The van der Waals surface area contributed by atoms with Gasteiger partial charge >= 0.3 is 0 Å². The molecule has 0 aliphatic heterocycles. The molecule has 0 aliphatic carbocycles. The van der Waals surface area contributed by atoms with E-state index in [4.69, 9.17) is 0 Å². The first-order valence-electron chi connectivity index (χ1n) is 9.02. The summed E-state index contributed by atoms with van der Waals surface area (Å²) < 4.78 is 2.07. The van der Waals surface area contributed by atoms with Crippen LogP contribution in [0.25, 0.3) is 6.08 Å². The Kier molecular flexibility index (Phi) is 5.69. The van der Waals surface area contributed by atoms with Crippen LogP contribution in [-0.4, -0.2) is 10.2 Å². The summed E-state index contributed by atoms with van der Waals surface area (Å²) >= 11 is 1.63. The van der Waals surface area contributed by atoms with Crippen LogP contribution in [0.4, 0.5) is 0 Å². The van der Waals surface area contributed by atoms with Crippen molar-refractivity contribution in [3.05, 3.63) is 51.5 Å². The van der Waals surface area contributed by atoms with E-state index in [-0.39, 0.29) is 10.8 Å². The van der Waals surface area contributed by atoms with Crippen LogP contribution < -0.4 is 4.57 Å². The van der Waals surface area contributed by atoms with Gasteiger partial charge in [0, 0.05) is 12.5 Å². The quantitative estimate of drug-likeness (QED) is 0.738. The van der Waals surface area contributed by atoms with Crippen LogP contribution in [-0.2, 0) is 17.4 Å². The third-order valence-electron chi connectivity index (χ3n) is 4.72. The van der Waals surface area contributed by atoms with Crippen molar-refractivity contribution in [2.75, 3.05) is 0 Å². The van der Waals surface area contributed by atoms with E-state index < -0.39 is 6.10 Å². The molecule has 1 aromatic carbocycles. The van der Waals surface area contributed by atoms with E-state index >= 15 is 0 Å². The van der Waals surface area contributed by atoms with Gasteiger partial charge in [0.05, 0.1) is 4.88 Å². The van der Waals surface area contributed by atoms with E-state index in [1.807, 2.05) is 24.6 Å². The Morgan fingerprint density at radius 2 is 1.69 bits per heavy atom. The van der Waals surface area contributed by atoms with Crippen LogP contribution in [0.1, 0.15) is 74.9 Å². The molecule has 0 saturated carbocycles. The van der Waals surface area contributed by atoms with E-state index in [1.54, 1.807) is 17.4 Å². The number of phenolic OH excluding ortho intramolecular Hbond substituents is 1. The SMILES string of the molecule is C=Cc1sc[n+](CC(O)c2ccc(O)c(C(C)(C)C)c2C(C)(C)C)c1C. The third kappa shape index (κ3) is 4.02. The molecule has 0 amide bonds. The summed E-state index contributed by atoms with van der Waals surface area (Å²) in [7, 11) is 0. The highest BCUT2D eigenvalue weighted by Gasteiger charge is 2.33. The second-order valence-corrected chi connectivity index (χ2v) is 9.86. The Morgan fingerprint density at radius 1 is 1.12 bits per heavy atom. The van der Waals surface area contributed by atoms with Gasteiger partial charge in [0.25, 0.3) is 0 Å². The average molecular weight is 375 g/mol. The van der Waals surface area contributed by atoms with Crippen molar-refractivity contribution in [3.8, 4) is 5.75 Å². The molecule has 142 valence electrons. The summed E-state index contributed by atoms with van der Waals surface area (Å²) in [5.74, 6) is 0.298. The van der Waals surface area contributed by atoms with Gasteiger partial charge in [0.2, 0.25) is 5.51 Å². The highest BCUT2D eigenvalue weighted by Crippen LogP contribution is 2.43. The van der Waals surface area contributed by atoms with Gasteiger partial charge < -0.3 is 10.2 Å². The predicted octanol–water partition coefficient (Wildman–Crippen LogP) is 5.02. The lowest BCUT2D eigenvalue weighted by Crippen LogP contribution is -2.38. The molecular formula is C22H32NO2S+. The summed E-state index contributed by atoms with van der Waals surface area (Å²) in [4.78, 5) is 1.12. The summed E-state index contributed by atoms with van der Waals surface area (Å²) in [6, 6.07) is 3.58. The average Bonchev–Trinajstić information content (AvgIpc) is 2.85. The smallest absolute Gasteiger partial charge is 0.225 e. The zero-order valence-corrected chi connectivity index (χ0v) is 17.9. The van der Waals surface area contributed by atoms with Crippen LogP contribution in [0.2, 0.25) is 0 Å². The minimum Gasteiger partial charge on any atom is -0.508 e. The Balaban J connectivity index is 2.58. The molecule has 0 saturated heterocycles. The minimum absolute atomic E-state index is 0.196. The van der Waals surface area contributed by atoms with E-state index in [0.717, 1.165) is 27.3 Å². The number of thiazole rings is 1. The van der Waals surface area contributed by atoms with Crippen LogP contribution in [0, 0.1) is 6.92 Å². The van der Waals surface area contributed by atoms with E-state index in [0.29, 0.717) is 12.3 Å². The lowest BCUT2D eigenvalue weighted by molar-refractivity contribution is -0.705. The molecule has 0 aliphatic rings. The molecule has 2 aromatic rings. The largest absolute Gasteiger partial charge is 0.508 e. The van der Waals surface area contributed by atoms with Gasteiger partial charge in [-0.15, -0.1) is 0 Å². The molecular weight excluding hydrogens is 342 g/mol. The molecule has 1 aromatic heterocycles. The van der Waals surface area contributed by atoms with Gasteiger partial charge in [0.1, 0.15) is 11.9 Å². The van der Waals surface area contributed by atoms with Gasteiger partial charge in [-0.05, 0) is 34.1 Å². The Morgan fingerprint density at radius 3 is 2.15 bits per heavy atom. The number of nitrogens with zero attached hydrogens (tertiary/aromatic N) is 1. The predicted molar refractivity (Wildman–Crippen MR) is 110 cm³/mol. The molecule has 4 heteroatoms. The van der Waals surface area contributed by atoms with Crippen LogP contribution in [0.3, 0.4) is 0 Å². The number of aromatic hydroxyl groups is 1. The van der Waals surface area contributed by atoms with Crippen LogP contribution >= 0.6 is 11.3 Å². The number of aromatic nitrogens is 1. The number of phenols is 1. The first kappa shape index (κ1) is 20.7. The second kappa shape index (κ2) is 7.16. The fraction of sp³-hybridized carbons (Fsp3) is 0.500. The second-order valence-electron chi connectivity index (χ2n) is 8.97. The maximum Gasteiger partial charge on any atom is 0.225 e. The van der Waals surface area contributed by atoms with Crippen molar-refractivity contribution in [3.63, 3.8) is 0 Å². The number of aliphatic hydroxyl groups is 1. The zero-order chi connectivity index (χ0) is 19.9. The lowest BCUT2D eigenvalue weighted by Gasteiger charge is -2.33. The number of benzene rings is 1. The fourth-order valence-corrected chi connectivity index (χ4v) is 4.41. The lowest BCUT2D eigenvalue weighted by atomic mass is 9.72. The van der Waals surface area contributed by atoms with Crippen LogP contribution in [0.5, 0.6) is 5.75 Å². The molecule has 0 fully saturated rings. The van der Waals surface area contributed by atoms with E-state index in [2.05, 4.69) is 52.7 Å². The molecule has 1 heterocycles. The molecule has 26 heavy (non-hydrogen) atoms. The molecule has 1 atom stereocenters. The fourth-order valence-electron chi connectivity index (χ4n) is 3.54. The monoisotopic (exact) mass is 374 g/mol. The van der Waals surface area contributed by atoms with Crippen molar-refractivity contribution in [2.45, 2.75) is 71.9 Å². The molecule has 2 N–H and O–H groups in total. The standard InChI is InChI=1S/C22H31NO2S/c1-9-18-14(2)23(13-26-18)12-17(25)15-10-11-16(24)20(22(6,7)8)19(15)21(3,4)5/h9-11,13,17,25H,1,12H2,2-8H3/p+1. The van der Waals surface area contributed by atoms with Gasteiger partial charge in [-0.3, -0.25) is 0 Å². The highest BCUT2D eigenvalue weighted by atomic mass is 32.1. The van der Waals surface area contributed by atoms with Crippen molar-refractivity contribution in [1.82, 2.24) is 0 Å².